The number of carbonyl (C=O) groups is 1. The summed E-state index contributed by atoms with van der Waals surface area (Å²) in [5.74, 6) is -0.0567. The van der Waals surface area contributed by atoms with E-state index in [1.165, 1.54) is 11.3 Å². The van der Waals surface area contributed by atoms with Crippen molar-refractivity contribution >= 4 is 29.0 Å². The summed E-state index contributed by atoms with van der Waals surface area (Å²) in [7, 11) is 0. The molecule has 0 aromatic carbocycles. The minimum Gasteiger partial charge on any atom is -0.395 e. The normalized spacial score (nSPS) is 14.5. The highest BCUT2D eigenvalue weighted by atomic mass is 32.2. The number of aryl methyl sites for hydroxylation is 1. The van der Waals surface area contributed by atoms with Crippen LogP contribution in [0, 0.1) is 6.92 Å². The SMILES string of the molecule is CS[C@H](CO)[C@H](C)NC(=O)c1cscc1C. The lowest BCUT2D eigenvalue weighted by molar-refractivity contribution is 0.0936. The van der Waals surface area contributed by atoms with E-state index in [2.05, 4.69) is 5.32 Å². The summed E-state index contributed by atoms with van der Waals surface area (Å²) in [5.41, 5.74) is 1.73. The Balaban J connectivity index is 2.61. The average molecular weight is 259 g/mol. The zero-order valence-corrected chi connectivity index (χ0v) is 11.3. The molecule has 1 aromatic rings. The van der Waals surface area contributed by atoms with Gasteiger partial charge in [-0.05, 0) is 31.0 Å². The zero-order valence-electron chi connectivity index (χ0n) is 9.69. The van der Waals surface area contributed by atoms with Crippen LogP contribution in [0.3, 0.4) is 0 Å². The van der Waals surface area contributed by atoms with Gasteiger partial charge in [-0.1, -0.05) is 0 Å². The highest BCUT2D eigenvalue weighted by Crippen LogP contribution is 2.15. The van der Waals surface area contributed by atoms with E-state index < -0.39 is 0 Å². The molecule has 16 heavy (non-hydrogen) atoms. The topological polar surface area (TPSA) is 49.3 Å². The fourth-order valence-electron chi connectivity index (χ4n) is 1.41. The molecule has 0 saturated carbocycles. The van der Waals surface area contributed by atoms with Gasteiger partial charge < -0.3 is 10.4 Å². The second-order valence-electron chi connectivity index (χ2n) is 3.69. The molecule has 0 saturated heterocycles. The Labute approximate surface area is 104 Å². The quantitative estimate of drug-likeness (QED) is 0.849. The van der Waals surface area contributed by atoms with E-state index in [4.69, 9.17) is 5.11 Å². The van der Waals surface area contributed by atoms with Gasteiger partial charge in [-0.25, -0.2) is 0 Å². The Bertz CT molecular complexity index is 348. The van der Waals surface area contributed by atoms with Crippen molar-refractivity contribution in [3.05, 3.63) is 21.9 Å². The first-order valence-corrected chi connectivity index (χ1v) is 7.30. The van der Waals surface area contributed by atoms with Crippen molar-refractivity contribution in [1.82, 2.24) is 5.32 Å². The van der Waals surface area contributed by atoms with E-state index >= 15 is 0 Å². The van der Waals surface area contributed by atoms with Crippen LogP contribution in [-0.2, 0) is 0 Å². The summed E-state index contributed by atoms with van der Waals surface area (Å²) in [6.07, 6.45) is 1.93. The van der Waals surface area contributed by atoms with Gasteiger partial charge in [0.15, 0.2) is 0 Å². The van der Waals surface area contributed by atoms with Gasteiger partial charge in [0, 0.05) is 16.7 Å². The van der Waals surface area contributed by atoms with Crippen molar-refractivity contribution < 1.29 is 9.90 Å². The summed E-state index contributed by atoms with van der Waals surface area (Å²) >= 11 is 3.09. The number of aliphatic hydroxyl groups is 1. The molecule has 2 N–H and O–H groups in total. The molecule has 0 radical (unpaired) electrons. The molecule has 1 amide bonds. The number of rotatable bonds is 5. The number of aliphatic hydroxyl groups excluding tert-OH is 1. The van der Waals surface area contributed by atoms with E-state index in [0.717, 1.165) is 11.1 Å². The maximum atomic E-state index is 11.9. The number of thioether (sulfide) groups is 1. The number of hydrogen-bond acceptors (Lipinski definition) is 4. The molecule has 2 atom stereocenters. The predicted molar refractivity (Wildman–Crippen MR) is 70.4 cm³/mol. The molecule has 90 valence electrons. The molecule has 0 fully saturated rings. The molecular weight excluding hydrogens is 242 g/mol. The smallest absolute Gasteiger partial charge is 0.252 e. The molecular formula is C11H17NO2S2. The Morgan fingerprint density at radius 1 is 1.62 bits per heavy atom. The van der Waals surface area contributed by atoms with Crippen LogP contribution < -0.4 is 5.32 Å². The first-order valence-electron chi connectivity index (χ1n) is 5.07. The second kappa shape index (κ2) is 6.27. The van der Waals surface area contributed by atoms with E-state index in [-0.39, 0.29) is 23.8 Å². The Morgan fingerprint density at radius 2 is 2.31 bits per heavy atom. The summed E-state index contributed by atoms with van der Waals surface area (Å²) in [6.45, 7) is 3.91. The van der Waals surface area contributed by atoms with Gasteiger partial charge in [-0.3, -0.25) is 4.79 Å². The third kappa shape index (κ3) is 3.23. The van der Waals surface area contributed by atoms with Gasteiger partial charge in [-0.15, -0.1) is 0 Å². The van der Waals surface area contributed by atoms with E-state index in [9.17, 15) is 4.79 Å². The van der Waals surface area contributed by atoms with Crippen molar-refractivity contribution in [2.75, 3.05) is 12.9 Å². The lowest BCUT2D eigenvalue weighted by Crippen LogP contribution is -2.41. The third-order valence-corrected chi connectivity index (χ3v) is 4.52. The van der Waals surface area contributed by atoms with Crippen LogP contribution in [-0.4, -0.2) is 35.2 Å². The molecule has 1 rings (SSSR count). The fraction of sp³-hybridized carbons (Fsp3) is 0.545. The first-order chi connectivity index (χ1) is 7.60. The van der Waals surface area contributed by atoms with Crippen LogP contribution in [0.4, 0.5) is 0 Å². The molecule has 1 aromatic heterocycles. The molecule has 0 aliphatic carbocycles. The van der Waals surface area contributed by atoms with Gasteiger partial charge in [0.05, 0.1) is 12.2 Å². The summed E-state index contributed by atoms with van der Waals surface area (Å²) in [5, 5.41) is 15.9. The molecule has 1 heterocycles. The van der Waals surface area contributed by atoms with Crippen LogP contribution in [0.1, 0.15) is 22.8 Å². The van der Waals surface area contributed by atoms with Gasteiger partial charge in [0.2, 0.25) is 0 Å². The lowest BCUT2D eigenvalue weighted by atomic mass is 10.2. The number of nitrogens with one attached hydrogen (secondary N) is 1. The monoisotopic (exact) mass is 259 g/mol. The second-order valence-corrected chi connectivity index (χ2v) is 5.51. The largest absolute Gasteiger partial charge is 0.395 e. The minimum atomic E-state index is -0.0567. The van der Waals surface area contributed by atoms with Gasteiger partial charge in [-0.2, -0.15) is 23.1 Å². The van der Waals surface area contributed by atoms with Crippen LogP contribution in [0.2, 0.25) is 0 Å². The van der Waals surface area contributed by atoms with E-state index in [1.807, 2.05) is 30.9 Å². The molecule has 0 bridgehead atoms. The summed E-state index contributed by atoms with van der Waals surface area (Å²) < 4.78 is 0. The molecule has 0 aliphatic rings. The van der Waals surface area contributed by atoms with Crippen molar-refractivity contribution in [1.29, 1.82) is 0 Å². The molecule has 3 nitrogen and oxygen atoms in total. The Kier molecular flexibility index (Phi) is 5.31. The average Bonchev–Trinajstić information content (AvgIpc) is 2.66. The predicted octanol–water partition coefficient (Wildman–Crippen LogP) is 1.90. The third-order valence-electron chi connectivity index (χ3n) is 2.50. The Hall–Kier alpha value is -0.520. The number of amides is 1. The van der Waals surface area contributed by atoms with Gasteiger partial charge >= 0.3 is 0 Å². The highest BCUT2D eigenvalue weighted by molar-refractivity contribution is 7.99. The fourth-order valence-corrected chi connectivity index (χ4v) is 2.86. The lowest BCUT2D eigenvalue weighted by Gasteiger charge is -2.21. The van der Waals surface area contributed by atoms with Crippen LogP contribution in [0.15, 0.2) is 10.8 Å². The van der Waals surface area contributed by atoms with Crippen molar-refractivity contribution in [3.63, 3.8) is 0 Å². The summed E-state index contributed by atoms with van der Waals surface area (Å²) in [4.78, 5) is 11.9. The molecule has 0 spiro atoms. The summed E-state index contributed by atoms with van der Waals surface area (Å²) in [6, 6.07) is -0.0354. The molecule has 0 unspecified atom stereocenters. The van der Waals surface area contributed by atoms with Crippen molar-refractivity contribution in [2.24, 2.45) is 0 Å². The number of thiophene rings is 1. The number of hydrogen-bond donors (Lipinski definition) is 2. The maximum Gasteiger partial charge on any atom is 0.252 e. The Morgan fingerprint density at radius 3 is 2.75 bits per heavy atom. The van der Waals surface area contributed by atoms with Gasteiger partial charge in [0.25, 0.3) is 5.91 Å². The minimum absolute atomic E-state index is 0.0354. The highest BCUT2D eigenvalue weighted by Gasteiger charge is 2.19. The molecule has 0 aliphatic heterocycles. The van der Waals surface area contributed by atoms with Gasteiger partial charge in [0.1, 0.15) is 0 Å². The van der Waals surface area contributed by atoms with Crippen molar-refractivity contribution in [3.8, 4) is 0 Å². The van der Waals surface area contributed by atoms with Crippen LogP contribution in [0.25, 0.3) is 0 Å². The van der Waals surface area contributed by atoms with Crippen molar-refractivity contribution in [2.45, 2.75) is 25.1 Å². The van der Waals surface area contributed by atoms with E-state index in [0.29, 0.717) is 0 Å². The van der Waals surface area contributed by atoms with E-state index in [1.54, 1.807) is 11.8 Å². The van der Waals surface area contributed by atoms with Crippen LogP contribution in [0.5, 0.6) is 0 Å². The zero-order chi connectivity index (χ0) is 12.1. The van der Waals surface area contributed by atoms with Crippen LogP contribution >= 0.6 is 23.1 Å². The number of carbonyl (C=O) groups excluding carboxylic acids is 1. The standard InChI is InChI=1S/C11H17NO2S2/c1-7-5-16-6-9(7)11(14)12-8(2)10(4-13)15-3/h5-6,8,10,13H,4H2,1-3H3,(H,12,14)/t8-,10+/m0/s1. The first kappa shape index (κ1) is 13.5. The maximum absolute atomic E-state index is 11.9. The molecule has 5 heteroatoms.